The van der Waals surface area contributed by atoms with Crippen LogP contribution in [0.4, 0.5) is 4.79 Å². The normalized spacial score (nSPS) is 26.8. The molecular formula is C19H24N2O3. The van der Waals surface area contributed by atoms with Crippen LogP contribution < -0.4 is 0 Å². The van der Waals surface area contributed by atoms with Crippen molar-refractivity contribution in [2.24, 2.45) is 5.92 Å². The van der Waals surface area contributed by atoms with Crippen LogP contribution in [0.25, 0.3) is 0 Å². The van der Waals surface area contributed by atoms with Crippen molar-refractivity contribution >= 4 is 12.0 Å². The average molecular weight is 328 g/mol. The molecule has 0 aromatic heterocycles. The lowest BCUT2D eigenvalue weighted by atomic mass is 9.91. The summed E-state index contributed by atoms with van der Waals surface area (Å²) in [5.41, 5.74) is 2.28. The molecule has 1 spiro atoms. The molecule has 2 amide bonds. The van der Waals surface area contributed by atoms with Crippen molar-refractivity contribution in [3.05, 3.63) is 35.4 Å². The van der Waals surface area contributed by atoms with Crippen LogP contribution in [-0.4, -0.2) is 54.1 Å². The minimum absolute atomic E-state index is 0.206. The number of rotatable bonds is 2. The first-order chi connectivity index (χ1) is 11.5. The van der Waals surface area contributed by atoms with Gasteiger partial charge in [0.1, 0.15) is 5.60 Å². The van der Waals surface area contributed by atoms with Gasteiger partial charge in [0, 0.05) is 20.0 Å². The summed E-state index contributed by atoms with van der Waals surface area (Å²) in [7, 11) is 1.76. The second-order valence-electron chi connectivity index (χ2n) is 7.57. The maximum absolute atomic E-state index is 12.8. The lowest BCUT2D eigenvalue weighted by Crippen LogP contribution is -2.52. The summed E-state index contributed by atoms with van der Waals surface area (Å²) in [6, 6.07) is 8.48. The Morgan fingerprint density at radius 3 is 2.58 bits per heavy atom. The van der Waals surface area contributed by atoms with Crippen molar-refractivity contribution in [2.45, 2.75) is 37.7 Å². The Morgan fingerprint density at radius 1 is 1.25 bits per heavy atom. The van der Waals surface area contributed by atoms with Gasteiger partial charge in [-0.25, -0.2) is 4.79 Å². The van der Waals surface area contributed by atoms with E-state index in [4.69, 9.17) is 4.74 Å². The molecule has 4 rings (SSSR count). The van der Waals surface area contributed by atoms with Crippen molar-refractivity contribution in [2.75, 3.05) is 26.7 Å². The van der Waals surface area contributed by atoms with Crippen LogP contribution in [0.5, 0.6) is 0 Å². The zero-order valence-electron chi connectivity index (χ0n) is 14.2. The van der Waals surface area contributed by atoms with Crippen LogP contribution in [0.3, 0.4) is 0 Å². The SMILES string of the molecule is CN1C[C@]2(CCCN(C(=O)CC3Cc4ccccc4C3)C2)OC1=O. The second-order valence-corrected chi connectivity index (χ2v) is 7.57. The van der Waals surface area contributed by atoms with Crippen LogP contribution in [-0.2, 0) is 22.4 Å². The maximum atomic E-state index is 12.8. The largest absolute Gasteiger partial charge is 0.439 e. The van der Waals surface area contributed by atoms with E-state index in [9.17, 15) is 9.59 Å². The number of piperidine rings is 1. The zero-order valence-corrected chi connectivity index (χ0v) is 14.2. The molecule has 1 aliphatic carbocycles. The van der Waals surface area contributed by atoms with Crippen molar-refractivity contribution in [3.8, 4) is 0 Å². The number of hydrogen-bond acceptors (Lipinski definition) is 3. The summed E-state index contributed by atoms with van der Waals surface area (Å²) in [5, 5.41) is 0. The predicted molar refractivity (Wildman–Crippen MR) is 89.6 cm³/mol. The summed E-state index contributed by atoms with van der Waals surface area (Å²) in [4.78, 5) is 28.0. The number of nitrogens with zero attached hydrogens (tertiary/aromatic N) is 2. The monoisotopic (exact) mass is 328 g/mol. The van der Waals surface area contributed by atoms with E-state index >= 15 is 0 Å². The van der Waals surface area contributed by atoms with Gasteiger partial charge in [-0.2, -0.15) is 0 Å². The molecule has 1 aromatic carbocycles. The molecule has 0 radical (unpaired) electrons. The third-order valence-electron chi connectivity index (χ3n) is 5.63. The third kappa shape index (κ3) is 2.76. The Kier molecular flexibility index (Phi) is 3.74. The van der Waals surface area contributed by atoms with Crippen LogP contribution in [0, 0.1) is 5.92 Å². The summed E-state index contributed by atoms with van der Waals surface area (Å²) < 4.78 is 5.60. The highest BCUT2D eigenvalue weighted by Crippen LogP contribution is 2.33. The van der Waals surface area contributed by atoms with Gasteiger partial charge in [-0.3, -0.25) is 4.79 Å². The fourth-order valence-electron chi connectivity index (χ4n) is 4.49. The molecule has 0 saturated carbocycles. The van der Waals surface area contributed by atoms with E-state index in [1.807, 2.05) is 4.90 Å². The van der Waals surface area contributed by atoms with Gasteiger partial charge in [0.05, 0.1) is 13.1 Å². The lowest BCUT2D eigenvalue weighted by Gasteiger charge is -2.38. The topological polar surface area (TPSA) is 49.9 Å². The molecule has 2 aliphatic heterocycles. The number of likely N-dealkylation sites (tertiary alicyclic amines) is 1. The fraction of sp³-hybridized carbons (Fsp3) is 0.579. The van der Waals surface area contributed by atoms with Crippen molar-refractivity contribution in [1.82, 2.24) is 9.80 Å². The van der Waals surface area contributed by atoms with Gasteiger partial charge in [-0.05, 0) is 42.7 Å². The van der Waals surface area contributed by atoms with Crippen molar-refractivity contribution in [1.29, 1.82) is 0 Å². The highest BCUT2D eigenvalue weighted by molar-refractivity contribution is 5.77. The summed E-state index contributed by atoms with van der Waals surface area (Å²) in [6.45, 7) is 1.91. The number of likely N-dealkylation sites (N-methyl/N-ethyl adjacent to an activating group) is 1. The van der Waals surface area contributed by atoms with Crippen LogP contribution in [0.15, 0.2) is 24.3 Å². The molecule has 1 aromatic rings. The molecule has 0 unspecified atom stereocenters. The summed E-state index contributed by atoms with van der Waals surface area (Å²) >= 11 is 0. The maximum Gasteiger partial charge on any atom is 0.410 e. The molecule has 2 saturated heterocycles. The molecule has 1 atom stereocenters. The summed E-state index contributed by atoms with van der Waals surface area (Å²) in [6.07, 6.45) is 4.07. The minimum atomic E-state index is -0.488. The van der Waals surface area contributed by atoms with E-state index in [0.717, 1.165) is 32.2 Å². The van der Waals surface area contributed by atoms with E-state index in [0.29, 0.717) is 25.4 Å². The first kappa shape index (κ1) is 15.5. The number of hydrogen-bond donors (Lipinski definition) is 0. The number of amides is 2. The van der Waals surface area contributed by atoms with Gasteiger partial charge in [-0.1, -0.05) is 24.3 Å². The molecule has 3 aliphatic rings. The molecular weight excluding hydrogens is 304 g/mol. The number of benzene rings is 1. The van der Waals surface area contributed by atoms with Gasteiger partial charge >= 0.3 is 6.09 Å². The van der Waals surface area contributed by atoms with Gasteiger partial charge in [0.15, 0.2) is 0 Å². The van der Waals surface area contributed by atoms with E-state index in [1.165, 1.54) is 11.1 Å². The molecule has 5 heteroatoms. The zero-order chi connectivity index (χ0) is 16.7. The second kappa shape index (κ2) is 5.80. The van der Waals surface area contributed by atoms with E-state index < -0.39 is 5.60 Å². The number of carbonyl (C=O) groups excluding carboxylic acids is 2. The Labute approximate surface area is 142 Å². The summed E-state index contributed by atoms with van der Waals surface area (Å²) in [5.74, 6) is 0.610. The molecule has 0 bridgehead atoms. The Hall–Kier alpha value is -2.04. The highest BCUT2D eigenvalue weighted by Gasteiger charge is 2.47. The van der Waals surface area contributed by atoms with E-state index in [1.54, 1.807) is 11.9 Å². The quantitative estimate of drug-likeness (QED) is 0.836. The molecule has 5 nitrogen and oxygen atoms in total. The smallest absolute Gasteiger partial charge is 0.410 e. The number of carbonyl (C=O) groups is 2. The number of ether oxygens (including phenoxy) is 1. The molecule has 0 N–H and O–H groups in total. The van der Waals surface area contributed by atoms with E-state index in [-0.39, 0.29) is 12.0 Å². The first-order valence-corrected chi connectivity index (χ1v) is 8.83. The van der Waals surface area contributed by atoms with Crippen LogP contribution in [0.1, 0.15) is 30.4 Å². The Bertz CT molecular complexity index is 649. The van der Waals surface area contributed by atoms with Crippen molar-refractivity contribution < 1.29 is 14.3 Å². The molecule has 2 heterocycles. The van der Waals surface area contributed by atoms with E-state index in [2.05, 4.69) is 24.3 Å². The van der Waals surface area contributed by atoms with Crippen molar-refractivity contribution in [3.63, 3.8) is 0 Å². The Morgan fingerprint density at radius 2 is 1.96 bits per heavy atom. The predicted octanol–water partition coefficient (Wildman–Crippen LogP) is 2.23. The third-order valence-corrected chi connectivity index (χ3v) is 5.63. The average Bonchev–Trinajstić information content (AvgIpc) is 3.07. The van der Waals surface area contributed by atoms with Gasteiger partial charge in [0.25, 0.3) is 0 Å². The fourth-order valence-corrected chi connectivity index (χ4v) is 4.49. The lowest BCUT2D eigenvalue weighted by molar-refractivity contribution is -0.137. The first-order valence-electron chi connectivity index (χ1n) is 8.83. The van der Waals surface area contributed by atoms with Gasteiger partial charge in [0.2, 0.25) is 5.91 Å². The van der Waals surface area contributed by atoms with Gasteiger partial charge in [-0.15, -0.1) is 0 Å². The van der Waals surface area contributed by atoms with Crippen LogP contribution in [0.2, 0.25) is 0 Å². The molecule has 128 valence electrons. The highest BCUT2D eigenvalue weighted by atomic mass is 16.6. The Balaban J connectivity index is 1.38. The molecule has 2 fully saturated rings. The van der Waals surface area contributed by atoms with Crippen LogP contribution >= 0.6 is 0 Å². The van der Waals surface area contributed by atoms with Gasteiger partial charge < -0.3 is 14.5 Å². The molecule has 24 heavy (non-hydrogen) atoms. The number of fused-ring (bicyclic) bond motifs is 1. The standard InChI is InChI=1S/C19H24N2O3/c1-20-12-19(24-18(20)23)7-4-8-21(13-19)17(22)11-14-9-15-5-2-3-6-16(15)10-14/h2-3,5-6,14H,4,7-13H2,1H3/t19-/m0/s1. The minimum Gasteiger partial charge on any atom is -0.439 e.